The van der Waals surface area contributed by atoms with E-state index in [4.69, 9.17) is 5.73 Å². The van der Waals surface area contributed by atoms with Crippen LogP contribution in [0.1, 0.15) is 0 Å². The van der Waals surface area contributed by atoms with Gasteiger partial charge in [-0.3, -0.25) is 4.79 Å². The van der Waals surface area contributed by atoms with Gasteiger partial charge in [0.15, 0.2) is 0 Å². The number of nitrogens with zero attached hydrogens (tertiary/aromatic N) is 2. The highest BCUT2D eigenvalue weighted by Gasteiger charge is 2.08. The number of esters is 1. The normalized spacial score (nSPS) is 9.83. The van der Waals surface area contributed by atoms with Crippen molar-refractivity contribution in [1.82, 2.24) is 9.78 Å². The first-order valence-corrected chi connectivity index (χ1v) is 3.98. The van der Waals surface area contributed by atoms with Crippen LogP contribution in [0.25, 0.3) is 0 Å². The maximum Gasteiger partial charge on any atom is 0.327 e. The topological polar surface area (TPSA) is 70.1 Å². The molecule has 1 aromatic heterocycles. The first kappa shape index (κ1) is 9.05. The summed E-state index contributed by atoms with van der Waals surface area (Å²) >= 11 is 3.17. The fraction of sp³-hybridized carbons (Fsp3) is 0.333. The van der Waals surface area contributed by atoms with E-state index in [2.05, 4.69) is 25.8 Å². The van der Waals surface area contributed by atoms with Crippen molar-refractivity contribution < 1.29 is 9.53 Å². The highest BCUT2D eigenvalue weighted by Crippen LogP contribution is 2.17. The predicted octanol–water partition coefficient (Wildman–Crippen LogP) is 0.401. The monoisotopic (exact) mass is 233 g/mol. The number of nitrogen functional groups attached to an aromatic ring is 1. The molecule has 0 atom stereocenters. The molecule has 0 unspecified atom stereocenters. The van der Waals surface area contributed by atoms with Crippen LogP contribution in [0, 0.1) is 0 Å². The van der Waals surface area contributed by atoms with Gasteiger partial charge in [0, 0.05) is 0 Å². The third-order valence-electron chi connectivity index (χ3n) is 1.34. The summed E-state index contributed by atoms with van der Waals surface area (Å²) in [6, 6.07) is 0. The second-order valence-corrected chi connectivity index (χ2v) is 2.97. The number of anilines is 1. The fourth-order valence-electron chi connectivity index (χ4n) is 0.685. The Morgan fingerprint density at radius 2 is 2.58 bits per heavy atom. The van der Waals surface area contributed by atoms with Gasteiger partial charge >= 0.3 is 5.97 Å². The maximum absolute atomic E-state index is 10.8. The van der Waals surface area contributed by atoms with Crippen LogP contribution in [0.3, 0.4) is 0 Å². The molecule has 0 aliphatic rings. The molecule has 0 saturated carbocycles. The van der Waals surface area contributed by atoms with Crippen molar-refractivity contribution in [3.05, 3.63) is 10.7 Å². The number of halogens is 1. The van der Waals surface area contributed by atoms with E-state index >= 15 is 0 Å². The second-order valence-electron chi connectivity index (χ2n) is 2.11. The lowest BCUT2D eigenvalue weighted by molar-refractivity contribution is -0.141. The van der Waals surface area contributed by atoms with Gasteiger partial charge in [-0.25, -0.2) is 4.68 Å². The Balaban J connectivity index is 2.76. The molecule has 1 heterocycles. The van der Waals surface area contributed by atoms with Crippen LogP contribution in [0.15, 0.2) is 10.7 Å². The third kappa shape index (κ3) is 1.76. The molecule has 0 amide bonds. The van der Waals surface area contributed by atoms with Crippen LogP contribution in [-0.2, 0) is 16.1 Å². The number of carbonyl (C=O) groups is 1. The summed E-state index contributed by atoms with van der Waals surface area (Å²) in [6.45, 7) is 0.0356. The summed E-state index contributed by atoms with van der Waals surface area (Å²) in [4.78, 5) is 10.8. The van der Waals surface area contributed by atoms with Gasteiger partial charge in [0.05, 0.1) is 17.8 Å². The molecule has 0 fully saturated rings. The average Bonchev–Trinajstić information content (AvgIpc) is 2.36. The van der Waals surface area contributed by atoms with E-state index in [-0.39, 0.29) is 12.5 Å². The predicted molar refractivity (Wildman–Crippen MR) is 46.4 cm³/mol. The van der Waals surface area contributed by atoms with E-state index < -0.39 is 0 Å². The Morgan fingerprint density at radius 3 is 3.00 bits per heavy atom. The first-order valence-electron chi connectivity index (χ1n) is 3.18. The van der Waals surface area contributed by atoms with Gasteiger partial charge in [-0.2, -0.15) is 5.10 Å². The molecule has 0 saturated heterocycles. The van der Waals surface area contributed by atoms with E-state index in [0.29, 0.717) is 10.3 Å². The summed E-state index contributed by atoms with van der Waals surface area (Å²) in [6.07, 6.45) is 1.53. The van der Waals surface area contributed by atoms with Crippen molar-refractivity contribution in [3.63, 3.8) is 0 Å². The molecule has 66 valence electrons. The minimum atomic E-state index is -0.377. The molecule has 0 aliphatic carbocycles. The van der Waals surface area contributed by atoms with Crippen molar-refractivity contribution in [3.8, 4) is 0 Å². The number of ether oxygens (including phenoxy) is 1. The second kappa shape index (κ2) is 3.57. The van der Waals surface area contributed by atoms with Gasteiger partial charge in [0.1, 0.15) is 12.4 Å². The van der Waals surface area contributed by atoms with Gasteiger partial charge in [-0.15, -0.1) is 0 Å². The smallest absolute Gasteiger partial charge is 0.327 e. The molecule has 0 bridgehead atoms. The number of aromatic nitrogens is 2. The molecule has 5 nitrogen and oxygen atoms in total. The van der Waals surface area contributed by atoms with Crippen LogP contribution in [-0.4, -0.2) is 22.9 Å². The van der Waals surface area contributed by atoms with Crippen molar-refractivity contribution >= 4 is 27.7 Å². The summed E-state index contributed by atoms with van der Waals surface area (Å²) in [7, 11) is 1.32. The number of hydrogen-bond acceptors (Lipinski definition) is 4. The van der Waals surface area contributed by atoms with Crippen LogP contribution in [0.4, 0.5) is 5.82 Å². The van der Waals surface area contributed by atoms with Gasteiger partial charge in [0.25, 0.3) is 0 Å². The first-order chi connectivity index (χ1) is 5.65. The lowest BCUT2D eigenvalue weighted by atomic mass is 10.6. The molecular formula is C6H8BrN3O2. The number of nitrogens with two attached hydrogens (primary N) is 1. The molecule has 1 rings (SSSR count). The van der Waals surface area contributed by atoms with Crippen molar-refractivity contribution in [2.75, 3.05) is 12.8 Å². The van der Waals surface area contributed by atoms with Crippen LogP contribution in [0.2, 0.25) is 0 Å². The number of rotatable bonds is 2. The molecule has 0 spiro atoms. The van der Waals surface area contributed by atoms with Crippen LogP contribution >= 0.6 is 15.9 Å². The fourth-order valence-corrected chi connectivity index (χ4v) is 0.981. The molecule has 0 aromatic carbocycles. The van der Waals surface area contributed by atoms with Crippen molar-refractivity contribution in [2.45, 2.75) is 6.54 Å². The Hall–Kier alpha value is -1.04. The van der Waals surface area contributed by atoms with E-state index in [9.17, 15) is 4.79 Å². The third-order valence-corrected chi connectivity index (χ3v) is 1.95. The lowest BCUT2D eigenvalue weighted by Crippen LogP contribution is -2.14. The lowest BCUT2D eigenvalue weighted by Gasteiger charge is -2.01. The highest BCUT2D eigenvalue weighted by molar-refractivity contribution is 9.10. The highest BCUT2D eigenvalue weighted by atomic mass is 79.9. The summed E-state index contributed by atoms with van der Waals surface area (Å²) in [5, 5.41) is 3.85. The Morgan fingerprint density at radius 1 is 1.92 bits per heavy atom. The van der Waals surface area contributed by atoms with Crippen LogP contribution in [0.5, 0.6) is 0 Å². The van der Waals surface area contributed by atoms with Gasteiger partial charge in [0.2, 0.25) is 0 Å². The quantitative estimate of drug-likeness (QED) is 0.752. The zero-order valence-corrected chi connectivity index (χ0v) is 8.04. The Bertz CT molecular complexity index is 297. The Labute approximate surface area is 77.6 Å². The summed E-state index contributed by atoms with van der Waals surface area (Å²) < 4.78 is 6.48. The number of carbonyl (C=O) groups excluding carboxylic acids is 1. The molecule has 1 aromatic rings. The van der Waals surface area contributed by atoms with E-state index in [1.165, 1.54) is 18.0 Å². The number of hydrogen-bond donors (Lipinski definition) is 1. The molecule has 2 N–H and O–H groups in total. The summed E-state index contributed by atoms with van der Waals surface area (Å²) in [5.41, 5.74) is 5.55. The number of methoxy groups -OCH3 is 1. The van der Waals surface area contributed by atoms with E-state index in [1.54, 1.807) is 0 Å². The Kier molecular flexibility index (Phi) is 2.69. The minimum absolute atomic E-state index is 0.0356. The van der Waals surface area contributed by atoms with Gasteiger partial charge < -0.3 is 10.5 Å². The SMILES string of the molecule is COC(=O)Cn1ncc(Br)c1N. The van der Waals surface area contributed by atoms with Crippen LogP contribution < -0.4 is 5.73 Å². The zero-order chi connectivity index (χ0) is 9.14. The molecule has 0 radical (unpaired) electrons. The molecular weight excluding hydrogens is 226 g/mol. The summed E-state index contributed by atoms with van der Waals surface area (Å²) in [5.74, 6) is 0.0395. The maximum atomic E-state index is 10.8. The average molecular weight is 234 g/mol. The van der Waals surface area contributed by atoms with Gasteiger partial charge in [-0.1, -0.05) is 0 Å². The van der Waals surface area contributed by atoms with Gasteiger partial charge in [-0.05, 0) is 15.9 Å². The molecule has 12 heavy (non-hydrogen) atoms. The standard InChI is InChI=1S/C6H8BrN3O2/c1-12-5(11)3-10-6(8)4(7)2-9-10/h2H,3,8H2,1H3. The van der Waals surface area contributed by atoms with E-state index in [0.717, 1.165) is 0 Å². The van der Waals surface area contributed by atoms with Crippen molar-refractivity contribution in [2.24, 2.45) is 0 Å². The van der Waals surface area contributed by atoms with Crippen molar-refractivity contribution in [1.29, 1.82) is 0 Å². The minimum Gasteiger partial charge on any atom is -0.468 e. The molecule has 0 aliphatic heterocycles. The van der Waals surface area contributed by atoms with E-state index in [1.807, 2.05) is 0 Å². The molecule has 6 heteroatoms. The zero-order valence-electron chi connectivity index (χ0n) is 6.45. The largest absolute Gasteiger partial charge is 0.468 e.